The van der Waals surface area contributed by atoms with E-state index in [1.165, 1.54) is 0 Å². The van der Waals surface area contributed by atoms with E-state index < -0.39 is 5.97 Å². The maximum absolute atomic E-state index is 11.7. The van der Waals surface area contributed by atoms with Gasteiger partial charge in [-0.2, -0.15) is 0 Å². The molecule has 1 heterocycles. The Morgan fingerprint density at radius 2 is 2.00 bits per heavy atom. The van der Waals surface area contributed by atoms with E-state index in [-0.39, 0.29) is 18.1 Å². The van der Waals surface area contributed by atoms with Crippen molar-refractivity contribution in [1.82, 2.24) is 10.3 Å². The molecule has 0 radical (unpaired) electrons. The average molecular weight is 254 g/mol. The molecule has 18 heavy (non-hydrogen) atoms. The zero-order chi connectivity index (χ0) is 13.5. The summed E-state index contributed by atoms with van der Waals surface area (Å²) in [5.41, 5.74) is 0.580. The number of aryl methyl sites for hydroxylation is 2. The summed E-state index contributed by atoms with van der Waals surface area (Å²) in [4.78, 5) is 26.0. The Morgan fingerprint density at radius 3 is 2.56 bits per heavy atom. The average Bonchev–Trinajstić information content (AvgIpc) is 2.62. The quantitative estimate of drug-likeness (QED) is 0.722. The number of oxazole rings is 1. The van der Waals surface area contributed by atoms with Crippen LogP contribution in [0.25, 0.3) is 0 Å². The van der Waals surface area contributed by atoms with Gasteiger partial charge in [0.2, 0.25) is 5.76 Å². The fraction of sp³-hybridized carbons (Fsp3) is 0.583. The Bertz CT molecular complexity index is 426. The number of carbonyl (C=O) groups excluding carboxylic acids is 1. The Kier molecular flexibility index (Phi) is 5.35. The number of unbranched alkanes of at least 4 members (excludes halogenated alkanes) is 2. The van der Waals surface area contributed by atoms with Gasteiger partial charge in [0.05, 0.1) is 5.69 Å². The number of hydrogen-bond acceptors (Lipinski definition) is 4. The fourth-order valence-electron chi connectivity index (χ4n) is 1.60. The van der Waals surface area contributed by atoms with Crippen LogP contribution in [0.2, 0.25) is 0 Å². The SMILES string of the molecule is Cc1nc(C)c(C(=O)NCCCCCC(=O)O)o1. The highest BCUT2D eigenvalue weighted by Gasteiger charge is 2.14. The van der Waals surface area contributed by atoms with Crippen LogP contribution in [0.5, 0.6) is 0 Å². The lowest BCUT2D eigenvalue weighted by molar-refractivity contribution is -0.137. The van der Waals surface area contributed by atoms with Crippen LogP contribution >= 0.6 is 0 Å². The van der Waals surface area contributed by atoms with Crippen molar-refractivity contribution < 1.29 is 19.1 Å². The summed E-state index contributed by atoms with van der Waals surface area (Å²) in [6, 6.07) is 0. The van der Waals surface area contributed by atoms with Crippen molar-refractivity contribution in [1.29, 1.82) is 0 Å². The topological polar surface area (TPSA) is 92.4 Å². The van der Waals surface area contributed by atoms with E-state index in [0.29, 0.717) is 24.6 Å². The molecule has 0 bridgehead atoms. The number of aliphatic carboxylic acids is 1. The van der Waals surface area contributed by atoms with Crippen LogP contribution in [0.1, 0.15) is 47.8 Å². The molecule has 1 aromatic rings. The number of carboxylic acid groups (broad SMARTS) is 1. The number of aromatic nitrogens is 1. The van der Waals surface area contributed by atoms with Crippen molar-refractivity contribution in [3.8, 4) is 0 Å². The van der Waals surface area contributed by atoms with Crippen LogP contribution in [-0.2, 0) is 4.79 Å². The molecule has 0 spiro atoms. The molecular weight excluding hydrogens is 236 g/mol. The van der Waals surface area contributed by atoms with Gasteiger partial charge in [0, 0.05) is 19.9 Å². The fourth-order valence-corrected chi connectivity index (χ4v) is 1.60. The van der Waals surface area contributed by atoms with Gasteiger partial charge in [-0.1, -0.05) is 6.42 Å². The van der Waals surface area contributed by atoms with Crippen LogP contribution in [0, 0.1) is 13.8 Å². The van der Waals surface area contributed by atoms with E-state index in [2.05, 4.69) is 10.3 Å². The van der Waals surface area contributed by atoms with Gasteiger partial charge in [0.15, 0.2) is 5.89 Å². The molecule has 1 aromatic heterocycles. The zero-order valence-electron chi connectivity index (χ0n) is 10.7. The molecule has 0 saturated heterocycles. The second kappa shape index (κ2) is 6.78. The summed E-state index contributed by atoms with van der Waals surface area (Å²) in [5.74, 6) is -0.338. The van der Waals surface area contributed by atoms with Gasteiger partial charge < -0.3 is 14.8 Å². The summed E-state index contributed by atoms with van der Waals surface area (Å²) in [5, 5.41) is 11.2. The second-order valence-electron chi connectivity index (χ2n) is 4.11. The smallest absolute Gasteiger partial charge is 0.303 e. The molecule has 100 valence electrons. The third-order valence-corrected chi connectivity index (χ3v) is 2.46. The Hall–Kier alpha value is -1.85. The lowest BCUT2D eigenvalue weighted by Crippen LogP contribution is -2.24. The molecule has 1 rings (SSSR count). The van der Waals surface area contributed by atoms with Gasteiger partial charge in [0.1, 0.15) is 0 Å². The van der Waals surface area contributed by atoms with Gasteiger partial charge in [-0.05, 0) is 19.8 Å². The Labute approximate surface area is 105 Å². The molecule has 0 atom stereocenters. The summed E-state index contributed by atoms with van der Waals surface area (Å²) in [6.07, 6.45) is 2.34. The maximum Gasteiger partial charge on any atom is 0.303 e. The third-order valence-electron chi connectivity index (χ3n) is 2.46. The minimum absolute atomic E-state index is 0.175. The van der Waals surface area contributed by atoms with Gasteiger partial charge in [-0.3, -0.25) is 9.59 Å². The minimum atomic E-state index is -0.785. The number of nitrogens with zero attached hydrogens (tertiary/aromatic N) is 1. The number of hydrogen-bond donors (Lipinski definition) is 2. The molecule has 0 fully saturated rings. The van der Waals surface area contributed by atoms with Crippen LogP contribution in [0.15, 0.2) is 4.42 Å². The van der Waals surface area contributed by atoms with Crippen molar-refractivity contribution in [3.63, 3.8) is 0 Å². The van der Waals surface area contributed by atoms with Crippen molar-refractivity contribution in [2.75, 3.05) is 6.54 Å². The lowest BCUT2D eigenvalue weighted by Gasteiger charge is -2.02. The van der Waals surface area contributed by atoms with Crippen LogP contribution in [0.3, 0.4) is 0 Å². The molecule has 0 aliphatic rings. The van der Waals surface area contributed by atoms with E-state index in [1.807, 2.05) is 0 Å². The van der Waals surface area contributed by atoms with Crippen LogP contribution in [0.4, 0.5) is 0 Å². The van der Waals surface area contributed by atoms with Gasteiger partial charge in [-0.25, -0.2) is 4.98 Å². The van der Waals surface area contributed by atoms with E-state index in [1.54, 1.807) is 13.8 Å². The molecular formula is C12H18N2O4. The molecule has 0 unspecified atom stereocenters. The van der Waals surface area contributed by atoms with Crippen molar-refractivity contribution in [2.24, 2.45) is 0 Å². The van der Waals surface area contributed by atoms with Gasteiger partial charge >= 0.3 is 5.97 Å². The number of carbonyl (C=O) groups is 2. The minimum Gasteiger partial charge on any atom is -0.481 e. The first kappa shape index (κ1) is 14.2. The Balaban J connectivity index is 2.22. The first-order valence-electron chi connectivity index (χ1n) is 5.94. The predicted molar refractivity (Wildman–Crippen MR) is 64.4 cm³/mol. The Morgan fingerprint density at radius 1 is 1.28 bits per heavy atom. The predicted octanol–water partition coefficient (Wildman–Crippen LogP) is 1.67. The highest BCUT2D eigenvalue weighted by atomic mass is 16.4. The molecule has 6 heteroatoms. The molecule has 0 saturated carbocycles. The van der Waals surface area contributed by atoms with E-state index in [4.69, 9.17) is 9.52 Å². The molecule has 2 N–H and O–H groups in total. The first-order valence-corrected chi connectivity index (χ1v) is 5.94. The molecule has 0 aromatic carbocycles. The molecule has 6 nitrogen and oxygen atoms in total. The standard InChI is InChI=1S/C12H18N2O4/c1-8-11(18-9(2)14-8)12(17)13-7-5-3-4-6-10(15)16/h3-7H2,1-2H3,(H,13,17)(H,15,16). The first-order chi connectivity index (χ1) is 8.50. The summed E-state index contributed by atoms with van der Waals surface area (Å²) in [6.45, 7) is 3.92. The molecule has 1 amide bonds. The number of amides is 1. The number of carboxylic acids is 1. The summed E-state index contributed by atoms with van der Waals surface area (Å²) < 4.78 is 5.18. The van der Waals surface area contributed by atoms with Crippen molar-refractivity contribution >= 4 is 11.9 Å². The van der Waals surface area contributed by atoms with Crippen molar-refractivity contribution in [2.45, 2.75) is 39.5 Å². The summed E-state index contributed by atoms with van der Waals surface area (Å²) in [7, 11) is 0. The van der Waals surface area contributed by atoms with Gasteiger partial charge in [0.25, 0.3) is 5.91 Å². The molecule has 0 aliphatic carbocycles. The second-order valence-corrected chi connectivity index (χ2v) is 4.11. The third kappa shape index (κ3) is 4.57. The highest BCUT2D eigenvalue weighted by molar-refractivity contribution is 5.92. The normalized spacial score (nSPS) is 10.3. The monoisotopic (exact) mass is 254 g/mol. The number of rotatable bonds is 7. The van der Waals surface area contributed by atoms with E-state index in [0.717, 1.165) is 12.8 Å². The maximum atomic E-state index is 11.7. The van der Waals surface area contributed by atoms with Crippen LogP contribution < -0.4 is 5.32 Å². The highest BCUT2D eigenvalue weighted by Crippen LogP contribution is 2.08. The lowest BCUT2D eigenvalue weighted by atomic mass is 10.2. The number of nitrogens with one attached hydrogen (secondary N) is 1. The molecule has 0 aliphatic heterocycles. The van der Waals surface area contributed by atoms with Crippen LogP contribution in [-0.4, -0.2) is 28.5 Å². The van der Waals surface area contributed by atoms with Gasteiger partial charge in [-0.15, -0.1) is 0 Å². The largest absolute Gasteiger partial charge is 0.481 e. The van der Waals surface area contributed by atoms with Crippen molar-refractivity contribution in [3.05, 3.63) is 17.3 Å². The summed E-state index contributed by atoms with van der Waals surface area (Å²) >= 11 is 0. The zero-order valence-corrected chi connectivity index (χ0v) is 10.7. The van der Waals surface area contributed by atoms with E-state index in [9.17, 15) is 9.59 Å². The van der Waals surface area contributed by atoms with E-state index >= 15 is 0 Å².